The molecule has 9 nitrogen and oxygen atoms in total. The molecule has 2 fully saturated rings. The maximum absolute atomic E-state index is 12.8. The number of hydrogen-bond acceptors (Lipinski definition) is 7. The van der Waals surface area contributed by atoms with Gasteiger partial charge in [-0.15, -0.1) is 11.3 Å². The van der Waals surface area contributed by atoms with Crippen LogP contribution in [0.25, 0.3) is 0 Å². The second-order valence-electron chi connectivity index (χ2n) is 8.51. The van der Waals surface area contributed by atoms with E-state index >= 15 is 0 Å². The number of Topliss-reactive ketones (excluding diaryl/α,β-unsaturated/α-hetero) is 1. The van der Waals surface area contributed by atoms with Gasteiger partial charge in [-0.3, -0.25) is 14.9 Å². The number of thiazole rings is 1. The van der Waals surface area contributed by atoms with Gasteiger partial charge in [-0.05, 0) is 38.2 Å². The standard InChI is InChI=1S/C23H30N6O3S/c1-17(30)18-3-5-20(6-4-18)27-11-13-28(14-12-27)21(31)15-19-16-33-22(24-19)25-23(32)29-9-7-26(2)8-10-29/h3-6,16H,7-15H2,1-2H3,(H,24,25,32). The smallest absolute Gasteiger partial charge is 0.323 e. The molecule has 0 spiro atoms. The molecule has 4 rings (SSSR count). The van der Waals surface area contributed by atoms with Crippen LogP contribution in [0.4, 0.5) is 15.6 Å². The molecule has 1 N–H and O–H groups in total. The third kappa shape index (κ3) is 5.88. The highest BCUT2D eigenvalue weighted by molar-refractivity contribution is 7.13. The monoisotopic (exact) mass is 470 g/mol. The molecular weight excluding hydrogens is 440 g/mol. The number of nitrogens with zero attached hydrogens (tertiary/aromatic N) is 5. The number of amides is 3. The molecular formula is C23H30N6O3S. The van der Waals surface area contributed by atoms with E-state index in [1.807, 2.05) is 41.6 Å². The summed E-state index contributed by atoms with van der Waals surface area (Å²) in [6, 6.07) is 7.47. The Morgan fingerprint density at radius 2 is 1.58 bits per heavy atom. The fourth-order valence-electron chi connectivity index (χ4n) is 4.01. The van der Waals surface area contributed by atoms with Gasteiger partial charge in [-0.25, -0.2) is 9.78 Å². The van der Waals surface area contributed by atoms with E-state index in [2.05, 4.69) is 20.1 Å². The van der Waals surface area contributed by atoms with Gasteiger partial charge in [0.2, 0.25) is 5.91 Å². The Labute approximate surface area is 198 Å². The molecule has 2 aliphatic rings. The zero-order valence-corrected chi connectivity index (χ0v) is 19.9. The molecule has 2 saturated heterocycles. The van der Waals surface area contributed by atoms with Gasteiger partial charge in [-0.2, -0.15) is 0 Å². The van der Waals surface area contributed by atoms with Crippen LogP contribution in [-0.4, -0.2) is 96.8 Å². The number of carbonyl (C=O) groups is 3. The highest BCUT2D eigenvalue weighted by Crippen LogP contribution is 2.20. The summed E-state index contributed by atoms with van der Waals surface area (Å²) in [5.74, 6) is 0.102. The summed E-state index contributed by atoms with van der Waals surface area (Å²) in [6.07, 6.45) is 0.230. The molecule has 33 heavy (non-hydrogen) atoms. The van der Waals surface area contributed by atoms with Crippen LogP contribution in [0.1, 0.15) is 23.0 Å². The van der Waals surface area contributed by atoms with E-state index < -0.39 is 0 Å². The zero-order valence-electron chi connectivity index (χ0n) is 19.1. The third-order valence-corrected chi connectivity index (χ3v) is 6.97. The fraction of sp³-hybridized carbons (Fsp3) is 0.478. The summed E-state index contributed by atoms with van der Waals surface area (Å²) in [7, 11) is 2.05. The minimum atomic E-state index is -0.136. The first-order chi connectivity index (χ1) is 15.9. The molecule has 1 aromatic carbocycles. The van der Waals surface area contributed by atoms with Crippen molar-refractivity contribution in [3.05, 3.63) is 40.9 Å². The lowest BCUT2D eigenvalue weighted by atomic mass is 10.1. The Balaban J connectivity index is 1.24. The molecule has 176 valence electrons. The average molecular weight is 471 g/mol. The van der Waals surface area contributed by atoms with E-state index in [1.165, 1.54) is 11.3 Å². The van der Waals surface area contributed by atoms with Crippen molar-refractivity contribution in [3.63, 3.8) is 0 Å². The number of hydrogen-bond donors (Lipinski definition) is 1. The number of urea groups is 1. The van der Waals surface area contributed by atoms with Crippen molar-refractivity contribution in [2.45, 2.75) is 13.3 Å². The van der Waals surface area contributed by atoms with E-state index in [-0.39, 0.29) is 24.1 Å². The molecule has 3 amide bonds. The van der Waals surface area contributed by atoms with Crippen molar-refractivity contribution in [1.82, 2.24) is 19.7 Å². The Hall–Kier alpha value is -2.98. The topological polar surface area (TPSA) is 89.1 Å². The predicted octanol–water partition coefficient (Wildman–Crippen LogP) is 2.02. The number of piperazine rings is 2. The number of likely N-dealkylation sites (N-methyl/N-ethyl adjacent to an activating group) is 1. The third-order valence-electron chi connectivity index (χ3n) is 6.16. The molecule has 2 aromatic rings. The van der Waals surface area contributed by atoms with Gasteiger partial charge in [0.25, 0.3) is 0 Å². The van der Waals surface area contributed by atoms with E-state index in [1.54, 1.807) is 11.8 Å². The van der Waals surface area contributed by atoms with Gasteiger partial charge in [-0.1, -0.05) is 0 Å². The van der Waals surface area contributed by atoms with Gasteiger partial charge < -0.3 is 19.6 Å². The number of aromatic nitrogens is 1. The molecule has 0 unspecified atom stereocenters. The van der Waals surface area contributed by atoms with E-state index in [4.69, 9.17) is 0 Å². The minimum Gasteiger partial charge on any atom is -0.368 e. The number of rotatable bonds is 5. The van der Waals surface area contributed by atoms with Crippen LogP contribution >= 0.6 is 11.3 Å². The van der Waals surface area contributed by atoms with E-state index in [0.717, 1.165) is 31.9 Å². The molecule has 0 saturated carbocycles. The van der Waals surface area contributed by atoms with Gasteiger partial charge in [0.1, 0.15) is 0 Å². The molecule has 1 aromatic heterocycles. The first kappa shape index (κ1) is 23.2. The van der Waals surface area contributed by atoms with Crippen LogP contribution < -0.4 is 10.2 Å². The van der Waals surface area contributed by atoms with Crippen molar-refractivity contribution < 1.29 is 14.4 Å². The number of ketones is 1. The predicted molar refractivity (Wildman–Crippen MR) is 129 cm³/mol. The van der Waals surface area contributed by atoms with Crippen molar-refractivity contribution in [2.24, 2.45) is 0 Å². The van der Waals surface area contributed by atoms with Crippen LogP contribution in [0.5, 0.6) is 0 Å². The minimum absolute atomic E-state index is 0.0452. The van der Waals surface area contributed by atoms with Crippen LogP contribution in [0.15, 0.2) is 29.6 Å². The number of carbonyl (C=O) groups excluding carboxylic acids is 3. The Morgan fingerprint density at radius 1 is 0.939 bits per heavy atom. The second-order valence-corrected chi connectivity index (χ2v) is 9.37. The van der Waals surface area contributed by atoms with E-state index in [0.29, 0.717) is 42.6 Å². The van der Waals surface area contributed by atoms with Gasteiger partial charge in [0, 0.05) is 69.0 Å². The number of anilines is 2. The summed E-state index contributed by atoms with van der Waals surface area (Å²) in [5, 5.41) is 5.22. The fourth-order valence-corrected chi connectivity index (χ4v) is 4.71. The molecule has 10 heteroatoms. The van der Waals surface area contributed by atoms with Crippen molar-refractivity contribution in [3.8, 4) is 0 Å². The molecule has 0 radical (unpaired) electrons. The Morgan fingerprint density at radius 3 is 2.21 bits per heavy atom. The number of nitrogens with one attached hydrogen (secondary N) is 1. The summed E-state index contributed by atoms with van der Waals surface area (Å²) < 4.78 is 0. The number of benzene rings is 1. The van der Waals surface area contributed by atoms with Crippen LogP contribution in [0.2, 0.25) is 0 Å². The van der Waals surface area contributed by atoms with Gasteiger partial charge >= 0.3 is 6.03 Å². The highest BCUT2D eigenvalue weighted by atomic mass is 32.1. The van der Waals surface area contributed by atoms with Crippen LogP contribution in [0, 0.1) is 0 Å². The quantitative estimate of drug-likeness (QED) is 0.673. The highest BCUT2D eigenvalue weighted by Gasteiger charge is 2.23. The lowest BCUT2D eigenvalue weighted by Crippen LogP contribution is -2.49. The van der Waals surface area contributed by atoms with Crippen LogP contribution in [0.3, 0.4) is 0 Å². The zero-order chi connectivity index (χ0) is 23.4. The van der Waals surface area contributed by atoms with Crippen LogP contribution in [-0.2, 0) is 11.2 Å². The summed E-state index contributed by atoms with van der Waals surface area (Å²) >= 11 is 1.35. The summed E-state index contributed by atoms with van der Waals surface area (Å²) in [5.41, 5.74) is 2.45. The Bertz CT molecular complexity index is 992. The second kappa shape index (κ2) is 10.3. The average Bonchev–Trinajstić information content (AvgIpc) is 3.26. The molecule has 3 heterocycles. The maximum Gasteiger partial charge on any atom is 0.323 e. The maximum atomic E-state index is 12.8. The molecule has 0 atom stereocenters. The first-order valence-corrected chi connectivity index (χ1v) is 12.1. The molecule has 0 bridgehead atoms. The van der Waals surface area contributed by atoms with Gasteiger partial charge in [0.05, 0.1) is 12.1 Å². The summed E-state index contributed by atoms with van der Waals surface area (Å²) in [4.78, 5) is 49.2. The molecule has 0 aliphatic carbocycles. The lowest BCUT2D eigenvalue weighted by molar-refractivity contribution is -0.130. The van der Waals surface area contributed by atoms with E-state index in [9.17, 15) is 14.4 Å². The normalized spacial score (nSPS) is 17.2. The van der Waals surface area contributed by atoms with Crippen molar-refractivity contribution >= 4 is 39.9 Å². The summed E-state index contributed by atoms with van der Waals surface area (Å²) in [6.45, 7) is 7.46. The van der Waals surface area contributed by atoms with Crippen molar-refractivity contribution in [2.75, 3.05) is 69.6 Å². The molecule has 2 aliphatic heterocycles. The largest absolute Gasteiger partial charge is 0.368 e. The SMILES string of the molecule is CC(=O)c1ccc(N2CCN(C(=O)Cc3csc(NC(=O)N4CCN(C)CC4)n3)CC2)cc1. The van der Waals surface area contributed by atoms with Crippen molar-refractivity contribution in [1.29, 1.82) is 0 Å². The first-order valence-electron chi connectivity index (χ1n) is 11.2. The lowest BCUT2D eigenvalue weighted by Gasteiger charge is -2.36. The Kier molecular flexibility index (Phi) is 7.24. The van der Waals surface area contributed by atoms with Gasteiger partial charge in [0.15, 0.2) is 10.9 Å².